The second kappa shape index (κ2) is 38.6. The number of carbonyl (C=O) groups is 7. The first-order chi connectivity index (χ1) is 46.3. The second-order valence-electron chi connectivity index (χ2n) is 23.7. The fraction of sp³-hybridized carbons (Fsp3) is 0.421. The Hall–Kier alpha value is -9.52. The van der Waals surface area contributed by atoms with Crippen molar-refractivity contribution >= 4 is 63.5 Å². The molecule has 5 aromatic carbocycles. The van der Waals surface area contributed by atoms with E-state index in [-0.39, 0.29) is 42.0 Å². The zero-order valence-corrected chi connectivity index (χ0v) is 54.1. The summed E-state index contributed by atoms with van der Waals surface area (Å²) in [7, 11) is 0. The highest BCUT2D eigenvalue weighted by Crippen LogP contribution is 2.39. The van der Waals surface area contributed by atoms with Crippen molar-refractivity contribution in [2.45, 2.75) is 135 Å². The highest BCUT2D eigenvalue weighted by Gasteiger charge is 2.34. The molecule has 6 aromatic rings. The molecule has 95 heavy (non-hydrogen) atoms. The molecule has 0 aliphatic heterocycles. The quantitative estimate of drug-likeness (QED) is 0.00871. The van der Waals surface area contributed by atoms with Crippen molar-refractivity contribution in [3.05, 3.63) is 153 Å². The molecule has 2 fully saturated rings. The molecule has 2 aliphatic carbocycles. The molecular weight excluding hydrogens is 1210 g/mol. The zero-order valence-electron chi connectivity index (χ0n) is 54.1. The Balaban J connectivity index is 0.822. The molecule has 1 heterocycles. The number of pyridine rings is 1. The Morgan fingerprint density at radius 3 is 1.13 bits per heavy atom. The van der Waals surface area contributed by atoms with Gasteiger partial charge in [0.15, 0.2) is 0 Å². The van der Waals surface area contributed by atoms with E-state index in [4.69, 9.17) is 57.1 Å². The number of aromatic nitrogens is 1. The summed E-state index contributed by atoms with van der Waals surface area (Å²) < 4.78 is 62.8. The van der Waals surface area contributed by atoms with E-state index in [0.717, 1.165) is 117 Å². The molecule has 0 radical (unpaired) electrons. The molecule has 0 amide bonds. The maximum absolute atomic E-state index is 13.8. The Kier molecular flexibility index (Phi) is 29.0. The van der Waals surface area contributed by atoms with Crippen LogP contribution in [0.4, 0.5) is 0 Å². The third kappa shape index (κ3) is 23.8. The Morgan fingerprint density at radius 1 is 0.347 bits per heavy atom. The first-order valence-corrected chi connectivity index (χ1v) is 33.3. The van der Waals surface area contributed by atoms with E-state index in [0.29, 0.717) is 137 Å². The summed E-state index contributed by atoms with van der Waals surface area (Å²) in [5, 5.41) is 2.04. The van der Waals surface area contributed by atoms with Crippen LogP contribution in [0.2, 0.25) is 0 Å². The van der Waals surface area contributed by atoms with Crippen LogP contribution in [0.15, 0.2) is 147 Å². The number of benzene rings is 5. The minimum absolute atomic E-state index is 0.215. The number of nitrogens with zero attached hydrogens (tertiary/aromatic N) is 1. The van der Waals surface area contributed by atoms with Gasteiger partial charge < -0.3 is 52.1 Å². The lowest BCUT2D eigenvalue weighted by Gasteiger charge is -2.26. The molecule has 2 aliphatic rings. The number of hydrogen-bond donors (Lipinski definition) is 0. The summed E-state index contributed by atoms with van der Waals surface area (Å²) in [6.07, 6.45) is 18.2. The van der Waals surface area contributed by atoms with Crippen LogP contribution < -0.4 is 33.2 Å². The van der Waals surface area contributed by atoms with Crippen molar-refractivity contribution in [2.75, 3.05) is 46.2 Å². The van der Waals surface area contributed by atoms with Gasteiger partial charge in [-0.25, -0.2) is 19.4 Å². The van der Waals surface area contributed by atoms with E-state index < -0.39 is 41.7 Å². The van der Waals surface area contributed by atoms with Gasteiger partial charge >= 0.3 is 41.8 Å². The lowest BCUT2D eigenvalue weighted by atomic mass is 9.82. The summed E-state index contributed by atoms with van der Waals surface area (Å²) in [4.78, 5) is 92.6. The summed E-state index contributed by atoms with van der Waals surface area (Å²) in [6, 6.07) is 32.4. The summed E-state index contributed by atoms with van der Waals surface area (Å²) in [5.74, 6) is -0.462. The van der Waals surface area contributed by atoms with Crippen LogP contribution >= 0.6 is 0 Å². The molecular formula is C76H87NO18. The molecule has 8 rings (SSSR count). The van der Waals surface area contributed by atoms with Crippen LogP contribution in [-0.2, 0) is 58.9 Å². The Bertz CT molecular complexity index is 3510. The van der Waals surface area contributed by atoms with Crippen LogP contribution in [0.25, 0.3) is 21.7 Å². The third-order valence-corrected chi connectivity index (χ3v) is 16.7. The third-order valence-electron chi connectivity index (χ3n) is 16.7. The smallest absolute Gasteiger partial charge is 0.330 e. The average molecular weight is 1300 g/mol. The fourth-order valence-electron chi connectivity index (χ4n) is 11.3. The van der Waals surface area contributed by atoms with E-state index >= 15 is 0 Å². The van der Waals surface area contributed by atoms with Crippen molar-refractivity contribution in [3.8, 4) is 46.1 Å². The number of hydrogen-bond acceptors (Lipinski definition) is 19. The number of esters is 7. The van der Waals surface area contributed by atoms with Crippen LogP contribution in [0.1, 0.15) is 134 Å². The topological polar surface area (TPSA) is 234 Å². The zero-order chi connectivity index (χ0) is 67.0. The molecule has 0 bridgehead atoms. The minimum Gasteiger partial charge on any atom is -0.494 e. The summed E-state index contributed by atoms with van der Waals surface area (Å²) in [5.41, 5.74) is 1.51. The number of carbonyl (C=O) groups excluding carboxylic acids is 7. The van der Waals surface area contributed by atoms with Crippen LogP contribution in [-0.4, -0.2) is 93.0 Å². The molecule has 504 valence electrons. The van der Waals surface area contributed by atoms with Crippen molar-refractivity contribution in [1.29, 1.82) is 0 Å². The van der Waals surface area contributed by atoms with E-state index in [9.17, 15) is 33.6 Å². The van der Waals surface area contributed by atoms with E-state index in [2.05, 4.69) is 19.7 Å². The van der Waals surface area contributed by atoms with Gasteiger partial charge in [-0.2, -0.15) is 0 Å². The van der Waals surface area contributed by atoms with Gasteiger partial charge in [0, 0.05) is 41.5 Å². The largest absolute Gasteiger partial charge is 0.494 e. The molecule has 0 N–H and O–H groups in total. The average Bonchev–Trinajstić information content (AvgIpc) is 0.794. The van der Waals surface area contributed by atoms with Crippen molar-refractivity contribution in [1.82, 2.24) is 4.98 Å². The normalized spacial score (nSPS) is 15.9. The maximum Gasteiger partial charge on any atom is 0.330 e. The van der Waals surface area contributed by atoms with Crippen molar-refractivity contribution in [3.63, 3.8) is 0 Å². The highest BCUT2D eigenvalue weighted by molar-refractivity contribution is 6.09. The molecule has 19 heteroatoms. The highest BCUT2D eigenvalue weighted by atomic mass is 16.6. The van der Waals surface area contributed by atoms with Crippen LogP contribution in [0, 0.1) is 23.7 Å². The van der Waals surface area contributed by atoms with Gasteiger partial charge in [-0.15, -0.1) is 0 Å². The Labute approximate surface area is 555 Å². The number of ether oxygens (including phenoxy) is 11. The van der Waals surface area contributed by atoms with E-state index in [1.807, 2.05) is 36.4 Å². The van der Waals surface area contributed by atoms with Gasteiger partial charge in [0.25, 0.3) is 0 Å². The fourth-order valence-corrected chi connectivity index (χ4v) is 11.3. The van der Waals surface area contributed by atoms with Gasteiger partial charge in [0.1, 0.15) is 40.2 Å². The van der Waals surface area contributed by atoms with Gasteiger partial charge in [-0.1, -0.05) is 31.9 Å². The van der Waals surface area contributed by atoms with Gasteiger partial charge in [0.2, 0.25) is 5.88 Å². The summed E-state index contributed by atoms with van der Waals surface area (Å²) in [6.45, 7) is 13.2. The molecule has 2 saturated carbocycles. The van der Waals surface area contributed by atoms with Gasteiger partial charge in [-0.05, 0) is 230 Å². The first kappa shape index (κ1) is 71.3. The molecule has 1 aromatic heterocycles. The van der Waals surface area contributed by atoms with Crippen LogP contribution in [0.5, 0.6) is 46.1 Å². The van der Waals surface area contributed by atoms with Crippen molar-refractivity contribution in [2.24, 2.45) is 23.7 Å². The molecule has 19 nitrogen and oxygen atoms in total. The number of unbranched alkanes of at least 4 members (excludes halogenated alkanes) is 9. The van der Waals surface area contributed by atoms with E-state index in [1.54, 1.807) is 72.8 Å². The predicted octanol–water partition coefficient (Wildman–Crippen LogP) is 15.0. The second-order valence-corrected chi connectivity index (χ2v) is 23.7. The lowest BCUT2D eigenvalue weighted by Crippen LogP contribution is -2.30. The van der Waals surface area contributed by atoms with Gasteiger partial charge in [0.05, 0.1) is 75.4 Å². The lowest BCUT2D eigenvalue weighted by molar-refractivity contribution is -0.152. The van der Waals surface area contributed by atoms with Crippen LogP contribution in [0.3, 0.4) is 0 Å². The monoisotopic (exact) mass is 1300 g/mol. The number of rotatable bonds is 39. The standard InChI is InChI=1S/C76H87NO18/c1-4-69(78)88-47-16-10-7-13-44-85-58-29-19-53(20-30-58)43-50-91-73(81)54-21-23-56(24-22-54)76(84)95-64-40-42-66-65-41-39-63(51-67(65)72(77-68(66)52-64)92-61-35-31-59(32-36-61)86-45-14-8-11-17-48-89-70(79)5-2)94-75(83)57-27-25-55(26-28-57)74(82)93-62-37-33-60(34-38-62)87-46-15-9-12-18-49-90-71(80)6-3/h4-6,19-20,29-42,51-52,54-57H,1-3,7-18,21-28,43-50H2. The first-order valence-electron chi connectivity index (χ1n) is 33.3. The van der Waals surface area contributed by atoms with Crippen molar-refractivity contribution < 1.29 is 85.7 Å². The molecule has 0 atom stereocenters. The molecule has 0 spiro atoms. The minimum atomic E-state index is -0.439. The van der Waals surface area contributed by atoms with E-state index in [1.165, 1.54) is 0 Å². The summed E-state index contributed by atoms with van der Waals surface area (Å²) >= 11 is 0. The Morgan fingerprint density at radius 2 is 0.695 bits per heavy atom. The SMILES string of the molecule is C=CC(=O)OCCCCCCOc1ccc(CCOC(=O)C2CCC(C(=O)Oc3ccc4c(c3)nc(Oc3ccc(OCCCCCCOC(=O)C=C)cc3)c3cc(OC(=O)C5CCC(C(=O)Oc6ccc(OCCCCCCOC(=O)C=C)cc6)CC5)ccc34)CC2)cc1. The molecule has 0 unspecified atom stereocenters. The number of fused-ring (bicyclic) bond motifs is 3. The molecule has 0 saturated heterocycles. The van der Waals surface area contributed by atoms with Gasteiger partial charge in [-0.3, -0.25) is 19.2 Å². The predicted molar refractivity (Wildman–Crippen MR) is 356 cm³/mol. The maximum atomic E-state index is 13.8.